The third kappa shape index (κ3) is 5.33. The van der Waals surface area contributed by atoms with Gasteiger partial charge in [0, 0.05) is 44.3 Å². The number of benzene rings is 2. The lowest BCUT2D eigenvalue weighted by molar-refractivity contribution is -0.135. The van der Waals surface area contributed by atoms with Gasteiger partial charge in [-0.2, -0.15) is 0 Å². The van der Waals surface area contributed by atoms with Crippen LogP contribution in [-0.2, 0) is 11.3 Å². The predicted molar refractivity (Wildman–Crippen MR) is 130 cm³/mol. The first-order chi connectivity index (χ1) is 16.0. The number of hydrogen-bond donors (Lipinski definition) is 0. The lowest BCUT2D eigenvalue weighted by atomic mass is 10.1. The molecule has 1 atom stereocenters. The average molecular weight is 470 g/mol. The van der Waals surface area contributed by atoms with Gasteiger partial charge in [0.15, 0.2) is 0 Å². The fourth-order valence-corrected chi connectivity index (χ4v) is 5.03. The van der Waals surface area contributed by atoms with Gasteiger partial charge in [-0.15, -0.1) is 0 Å². The third-order valence-corrected chi connectivity index (χ3v) is 6.98. The van der Waals surface area contributed by atoms with Crippen LogP contribution in [0.4, 0.5) is 0 Å². The zero-order chi connectivity index (χ0) is 23.4. The topological polar surface area (TPSA) is 53.1 Å². The number of likely N-dealkylation sites (tertiary alicyclic amines) is 1. The third-order valence-electron chi connectivity index (χ3n) is 6.75. The van der Waals surface area contributed by atoms with E-state index in [9.17, 15) is 9.59 Å². The first-order valence-electron chi connectivity index (χ1n) is 11.7. The highest BCUT2D eigenvalue weighted by Gasteiger charge is 2.38. The van der Waals surface area contributed by atoms with E-state index in [1.54, 1.807) is 23.1 Å². The van der Waals surface area contributed by atoms with Crippen LogP contribution in [-0.4, -0.2) is 72.4 Å². The number of carbonyl (C=O) groups excluding carboxylic acids is 2. The summed E-state index contributed by atoms with van der Waals surface area (Å²) < 4.78 is 5.37. The molecule has 2 saturated heterocycles. The highest BCUT2D eigenvalue weighted by Crippen LogP contribution is 2.28. The van der Waals surface area contributed by atoms with Crippen molar-refractivity contribution >= 4 is 23.4 Å². The number of carbonyl (C=O) groups is 2. The first-order valence-corrected chi connectivity index (χ1v) is 12.1. The summed E-state index contributed by atoms with van der Waals surface area (Å²) in [5.41, 5.74) is 3.04. The molecule has 176 valence electrons. The normalized spacial score (nSPS) is 19.4. The molecule has 2 aliphatic heterocycles. The van der Waals surface area contributed by atoms with Crippen LogP contribution < -0.4 is 4.74 Å². The molecule has 0 spiro atoms. The molecule has 0 aromatic heterocycles. The van der Waals surface area contributed by atoms with Crippen LogP contribution in [0.1, 0.15) is 40.7 Å². The minimum absolute atomic E-state index is 0.0552. The molecule has 0 bridgehead atoms. The van der Waals surface area contributed by atoms with Crippen molar-refractivity contribution in [1.29, 1.82) is 0 Å². The summed E-state index contributed by atoms with van der Waals surface area (Å²) in [6.45, 7) is 6.82. The Morgan fingerprint density at radius 2 is 1.85 bits per heavy atom. The van der Waals surface area contributed by atoms with Crippen LogP contribution in [0.15, 0.2) is 42.5 Å². The Hall–Kier alpha value is -2.57. The van der Waals surface area contributed by atoms with Crippen molar-refractivity contribution in [3.63, 3.8) is 0 Å². The summed E-state index contributed by atoms with van der Waals surface area (Å²) in [6, 6.07) is 13.1. The number of nitrogens with zero attached hydrogens (tertiary/aromatic N) is 3. The molecule has 7 heteroatoms. The van der Waals surface area contributed by atoms with Crippen molar-refractivity contribution in [1.82, 2.24) is 14.7 Å². The van der Waals surface area contributed by atoms with E-state index in [1.165, 1.54) is 18.2 Å². The molecule has 2 aromatic rings. The molecule has 2 aliphatic rings. The quantitative estimate of drug-likeness (QED) is 0.664. The molecule has 0 aliphatic carbocycles. The molecule has 0 radical (unpaired) electrons. The Balaban J connectivity index is 1.42. The van der Waals surface area contributed by atoms with Crippen LogP contribution >= 0.6 is 11.6 Å². The number of methoxy groups -OCH3 is 1. The Kier molecular flexibility index (Phi) is 7.56. The lowest BCUT2D eigenvalue weighted by Gasteiger charge is -2.30. The van der Waals surface area contributed by atoms with Crippen molar-refractivity contribution in [2.45, 2.75) is 38.8 Å². The molecule has 0 N–H and O–H groups in total. The van der Waals surface area contributed by atoms with Crippen molar-refractivity contribution < 1.29 is 14.3 Å². The summed E-state index contributed by atoms with van der Waals surface area (Å²) >= 11 is 6.14. The van der Waals surface area contributed by atoms with Gasteiger partial charge in [0.25, 0.3) is 5.91 Å². The summed E-state index contributed by atoms with van der Waals surface area (Å²) in [5, 5.41) is 0.475. The van der Waals surface area contributed by atoms with Crippen molar-refractivity contribution in [3.05, 3.63) is 64.2 Å². The number of rotatable bonds is 5. The van der Waals surface area contributed by atoms with Crippen molar-refractivity contribution in [2.75, 3.05) is 39.8 Å². The van der Waals surface area contributed by atoms with E-state index in [0.29, 0.717) is 35.8 Å². The highest BCUT2D eigenvalue weighted by molar-refractivity contribution is 6.31. The Labute approximate surface area is 201 Å². The maximum atomic E-state index is 13.5. The van der Waals surface area contributed by atoms with Crippen LogP contribution in [0, 0.1) is 6.92 Å². The molecule has 2 amide bonds. The van der Waals surface area contributed by atoms with Crippen LogP contribution in [0.5, 0.6) is 5.75 Å². The van der Waals surface area contributed by atoms with E-state index in [2.05, 4.69) is 36.1 Å². The Morgan fingerprint density at radius 3 is 2.64 bits per heavy atom. The second kappa shape index (κ2) is 10.6. The van der Waals surface area contributed by atoms with Gasteiger partial charge >= 0.3 is 0 Å². The van der Waals surface area contributed by atoms with E-state index in [4.69, 9.17) is 16.3 Å². The molecule has 4 rings (SSSR count). The molecule has 0 unspecified atom stereocenters. The number of halogens is 1. The van der Waals surface area contributed by atoms with Crippen LogP contribution in [0.2, 0.25) is 5.02 Å². The van der Waals surface area contributed by atoms with Crippen LogP contribution in [0.25, 0.3) is 0 Å². The molecule has 6 nitrogen and oxygen atoms in total. The number of amides is 2. The van der Waals surface area contributed by atoms with Gasteiger partial charge in [-0.1, -0.05) is 35.9 Å². The maximum absolute atomic E-state index is 13.5. The summed E-state index contributed by atoms with van der Waals surface area (Å²) in [5.74, 6) is 0.338. The molecule has 2 heterocycles. The zero-order valence-electron chi connectivity index (χ0n) is 19.4. The Bertz CT molecular complexity index is 1010. The van der Waals surface area contributed by atoms with Gasteiger partial charge in [0.1, 0.15) is 11.8 Å². The minimum atomic E-state index is -0.427. The fourth-order valence-electron chi connectivity index (χ4n) is 4.86. The first kappa shape index (κ1) is 23.6. The summed E-state index contributed by atoms with van der Waals surface area (Å²) in [6.07, 6.45) is 2.44. The molecule has 0 saturated carbocycles. The largest absolute Gasteiger partial charge is 0.496 e. The molecular weight excluding hydrogens is 438 g/mol. The van der Waals surface area contributed by atoms with Gasteiger partial charge in [-0.05, 0) is 55.5 Å². The van der Waals surface area contributed by atoms with Crippen LogP contribution in [0.3, 0.4) is 0 Å². The van der Waals surface area contributed by atoms with Gasteiger partial charge in [-0.3, -0.25) is 14.5 Å². The van der Waals surface area contributed by atoms with Gasteiger partial charge in [-0.25, -0.2) is 0 Å². The smallest absolute Gasteiger partial charge is 0.258 e. The van der Waals surface area contributed by atoms with E-state index in [0.717, 1.165) is 39.0 Å². The van der Waals surface area contributed by atoms with Crippen molar-refractivity contribution in [3.8, 4) is 5.75 Å². The maximum Gasteiger partial charge on any atom is 0.258 e. The number of hydrogen-bond acceptors (Lipinski definition) is 4. The average Bonchev–Trinajstić information content (AvgIpc) is 3.19. The molecule has 33 heavy (non-hydrogen) atoms. The van der Waals surface area contributed by atoms with E-state index in [1.807, 2.05) is 4.90 Å². The number of ether oxygens (including phenoxy) is 1. The van der Waals surface area contributed by atoms with Gasteiger partial charge in [0.05, 0.1) is 12.7 Å². The summed E-state index contributed by atoms with van der Waals surface area (Å²) in [4.78, 5) is 32.9. The Morgan fingerprint density at radius 1 is 1.03 bits per heavy atom. The SMILES string of the molecule is COc1ccc(Cl)cc1C(=O)N1CCC[C@H]1C(=O)N1CCCN(Cc2ccccc2C)CC1. The molecule has 2 fully saturated rings. The minimum Gasteiger partial charge on any atom is -0.496 e. The second-order valence-corrected chi connectivity index (χ2v) is 9.32. The predicted octanol–water partition coefficient (Wildman–Crippen LogP) is 4.00. The standard InChI is InChI=1S/C26H32ClN3O3/c1-19-7-3-4-8-20(19)18-28-12-6-13-29(16-15-28)26(32)23-9-5-14-30(23)25(31)22-17-21(27)10-11-24(22)33-2/h3-4,7-8,10-11,17,23H,5-6,9,12-16,18H2,1-2H3/t23-/m0/s1. The van der Waals surface area contributed by atoms with Gasteiger partial charge in [0.2, 0.25) is 5.91 Å². The van der Waals surface area contributed by atoms with E-state index < -0.39 is 6.04 Å². The lowest BCUT2D eigenvalue weighted by Crippen LogP contribution is -2.48. The molecular formula is C26H32ClN3O3. The fraction of sp³-hybridized carbons (Fsp3) is 0.462. The summed E-state index contributed by atoms with van der Waals surface area (Å²) in [7, 11) is 1.53. The second-order valence-electron chi connectivity index (χ2n) is 8.88. The highest BCUT2D eigenvalue weighted by atomic mass is 35.5. The van der Waals surface area contributed by atoms with E-state index >= 15 is 0 Å². The molecule has 2 aromatic carbocycles. The zero-order valence-corrected chi connectivity index (χ0v) is 20.2. The van der Waals surface area contributed by atoms with Crippen molar-refractivity contribution in [2.24, 2.45) is 0 Å². The van der Waals surface area contributed by atoms with Gasteiger partial charge < -0.3 is 14.5 Å². The monoisotopic (exact) mass is 469 g/mol. The van der Waals surface area contributed by atoms with E-state index in [-0.39, 0.29) is 11.8 Å². The number of aryl methyl sites for hydroxylation is 1.